The van der Waals surface area contributed by atoms with Crippen molar-refractivity contribution in [3.05, 3.63) is 11.9 Å². The highest BCUT2D eigenvalue weighted by Gasteiger charge is 2.64. The first-order valence-electron chi connectivity index (χ1n) is 2.02. The molecule has 0 aromatic rings. The van der Waals surface area contributed by atoms with E-state index in [2.05, 4.69) is 0 Å². The Kier molecular flexibility index (Phi) is 1.18. The summed E-state index contributed by atoms with van der Waals surface area (Å²) in [6.07, 6.45) is 0.188. The number of allylic oxidation sites excluding steroid dienone is 2. The third-order valence-electron chi connectivity index (χ3n) is 1.03. The van der Waals surface area contributed by atoms with Crippen LogP contribution in [0.2, 0.25) is 0 Å². The maximum absolute atomic E-state index is 12.1. The van der Waals surface area contributed by atoms with Crippen LogP contribution in [-0.2, 0) is 0 Å². The van der Waals surface area contributed by atoms with Crippen LogP contribution in [0.1, 0.15) is 0 Å². The van der Waals surface area contributed by atoms with Gasteiger partial charge >= 0.3 is 5.92 Å². The second-order valence-corrected chi connectivity index (χ2v) is 2.84. The molecule has 0 fully saturated rings. The second-order valence-electron chi connectivity index (χ2n) is 1.69. The number of alkyl halides is 4. The standard InChI is InChI=1S/C4HBrF4/c5-3(7)1-2(6)4(3,8)9/h1H. The lowest BCUT2D eigenvalue weighted by Crippen LogP contribution is -2.46. The van der Waals surface area contributed by atoms with Gasteiger partial charge in [-0.3, -0.25) is 0 Å². The average Bonchev–Trinajstić information content (AvgIpc) is 1.65. The molecule has 0 saturated heterocycles. The molecule has 0 N–H and O–H groups in total. The van der Waals surface area contributed by atoms with Gasteiger partial charge in [0.05, 0.1) is 0 Å². The van der Waals surface area contributed by atoms with Crippen LogP contribution in [0.4, 0.5) is 17.6 Å². The van der Waals surface area contributed by atoms with Crippen LogP contribution in [0.15, 0.2) is 11.9 Å². The van der Waals surface area contributed by atoms with Crippen LogP contribution >= 0.6 is 15.9 Å². The van der Waals surface area contributed by atoms with Gasteiger partial charge in [-0.25, -0.2) is 8.78 Å². The molecule has 1 atom stereocenters. The summed E-state index contributed by atoms with van der Waals surface area (Å²) in [5, 5.41) is 0. The summed E-state index contributed by atoms with van der Waals surface area (Å²) in [4.78, 5) is 0. The molecule has 0 aromatic carbocycles. The molecule has 1 aliphatic rings. The quantitative estimate of drug-likeness (QED) is 0.421. The normalized spacial score (nSPS) is 39.4. The van der Waals surface area contributed by atoms with Crippen molar-refractivity contribution in [2.45, 2.75) is 10.5 Å². The summed E-state index contributed by atoms with van der Waals surface area (Å²) >= 11 is 1.99. The van der Waals surface area contributed by atoms with Crippen molar-refractivity contribution in [2.75, 3.05) is 0 Å². The summed E-state index contributed by atoms with van der Waals surface area (Å²) in [5.74, 6) is -5.70. The van der Waals surface area contributed by atoms with Crippen molar-refractivity contribution >= 4 is 15.9 Å². The van der Waals surface area contributed by atoms with Crippen LogP contribution in [0.5, 0.6) is 0 Å². The fourth-order valence-electron chi connectivity index (χ4n) is 0.422. The number of hydrogen-bond acceptors (Lipinski definition) is 0. The minimum atomic E-state index is -3.98. The van der Waals surface area contributed by atoms with Crippen molar-refractivity contribution in [3.8, 4) is 0 Å². The SMILES string of the molecule is FC1=CC(F)(Br)C1(F)F. The summed E-state index contributed by atoms with van der Waals surface area (Å²) in [6.45, 7) is 0. The molecule has 0 radical (unpaired) electrons. The van der Waals surface area contributed by atoms with E-state index in [0.717, 1.165) is 0 Å². The van der Waals surface area contributed by atoms with E-state index in [-0.39, 0.29) is 6.08 Å². The van der Waals surface area contributed by atoms with E-state index < -0.39 is 16.3 Å². The molecule has 0 aliphatic heterocycles. The zero-order valence-corrected chi connectivity index (χ0v) is 5.55. The summed E-state index contributed by atoms with van der Waals surface area (Å²) in [7, 11) is 0. The topological polar surface area (TPSA) is 0 Å². The molecule has 0 nitrogen and oxygen atoms in total. The first kappa shape index (κ1) is 7.05. The number of hydrogen-bond donors (Lipinski definition) is 0. The van der Waals surface area contributed by atoms with Gasteiger partial charge in [0.2, 0.25) is 0 Å². The Morgan fingerprint density at radius 3 is 1.78 bits per heavy atom. The Hall–Kier alpha value is -0.0600. The Morgan fingerprint density at radius 2 is 1.78 bits per heavy atom. The van der Waals surface area contributed by atoms with E-state index in [9.17, 15) is 17.6 Å². The first-order chi connectivity index (χ1) is 3.88. The predicted molar refractivity (Wildman–Crippen MR) is 26.9 cm³/mol. The number of halogens is 5. The van der Waals surface area contributed by atoms with E-state index in [1.165, 1.54) is 0 Å². The van der Waals surface area contributed by atoms with Gasteiger partial charge in [-0.1, -0.05) is 0 Å². The van der Waals surface area contributed by atoms with Crippen LogP contribution in [0.3, 0.4) is 0 Å². The molecule has 0 heterocycles. The Balaban J connectivity index is 2.94. The molecule has 52 valence electrons. The van der Waals surface area contributed by atoms with Crippen LogP contribution in [0.25, 0.3) is 0 Å². The van der Waals surface area contributed by atoms with Gasteiger partial charge in [0.15, 0.2) is 5.83 Å². The largest absolute Gasteiger partial charge is 0.345 e. The van der Waals surface area contributed by atoms with Gasteiger partial charge in [-0.2, -0.15) is 8.78 Å². The Bertz CT molecular complexity index is 171. The summed E-state index contributed by atoms with van der Waals surface area (Å²) in [6, 6.07) is 0. The lowest BCUT2D eigenvalue weighted by Gasteiger charge is -2.31. The molecule has 1 rings (SSSR count). The van der Waals surface area contributed by atoms with Crippen LogP contribution < -0.4 is 0 Å². The number of rotatable bonds is 0. The van der Waals surface area contributed by atoms with Crippen LogP contribution in [-0.4, -0.2) is 10.5 Å². The monoisotopic (exact) mass is 204 g/mol. The fourth-order valence-corrected chi connectivity index (χ4v) is 0.812. The second kappa shape index (κ2) is 1.51. The summed E-state index contributed by atoms with van der Waals surface area (Å²) < 4.78 is 44.4. The van der Waals surface area contributed by atoms with Gasteiger partial charge < -0.3 is 0 Å². The average molecular weight is 205 g/mol. The molecule has 9 heavy (non-hydrogen) atoms. The zero-order chi connectivity index (χ0) is 7.28. The smallest absolute Gasteiger partial charge is 0.219 e. The summed E-state index contributed by atoms with van der Waals surface area (Å²) in [5.41, 5.74) is 0. The molecule has 0 amide bonds. The highest BCUT2D eigenvalue weighted by molar-refractivity contribution is 9.10. The lowest BCUT2D eigenvalue weighted by molar-refractivity contribution is -0.0773. The molecule has 1 aliphatic carbocycles. The third kappa shape index (κ3) is 0.705. The van der Waals surface area contributed by atoms with Gasteiger partial charge in [-0.15, -0.1) is 0 Å². The van der Waals surface area contributed by atoms with Crippen molar-refractivity contribution in [1.29, 1.82) is 0 Å². The minimum absolute atomic E-state index is 0.188. The third-order valence-corrected chi connectivity index (χ3v) is 1.75. The lowest BCUT2D eigenvalue weighted by atomic mass is 10.0. The van der Waals surface area contributed by atoms with E-state index >= 15 is 0 Å². The van der Waals surface area contributed by atoms with Crippen molar-refractivity contribution < 1.29 is 17.6 Å². The maximum Gasteiger partial charge on any atom is 0.345 e. The molecule has 0 bridgehead atoms. The zero-order valence-electron chi connectivity index (χ0n) is 3.97. The molecule has 0 spiro atoms. The Morgan fingerprint density at radius 1 is 1.33 bits per heavy atom. The highest BCUT2D eigenvalue weighted by Crippen LogP contribution is 2.53. The predicted octanol–water partition coefficient (Wildman–Crippen LogP) is 2.55. The molecular weight excluding hydrogens is 204 g/mol. The molecule has 1 unspecified atom stereocenters. The van der Waals surface area contributed by atoms with Gasteiger partial charge in [0.1, 0.15) is 0 Å². The molecular formula is C4HBrF4. The van der Waals surface area contributed by atoms with Crippen molar-refractivity contribution in [1.82, 2.24) is 0 Å². The van der Waals surface area contributed by atoms with Crippen molar-refractivity contribution in [2.24, 2.45) is 0 Å². The van der Waals surface area contributed by atoms with E-state index in [1.54, 1.807) is 0 Å². The first-order valence-corrected chi connectivity index (χ1v) is 2.82. The molecule has 0 aromatic heterocycles. The van der Waals surface area contributed by atoms with Gasteiger partial charge in [-0.05, 0) is 15.9 Å². The van der Waals surface area contributed by atoms with Gasteiger partial charge in [0, 0.05) is 6.08 Å². The highest BCUT2D eigenvalue weighted by atomic mass is 79.9. The molecule has 0 saturated carbocycles. The van der Waals surface area contributed by atoms with E-state index in [0.29, 0.717) is 0 Å². The van der Waals surface area contributed by atoms with Gasteiger partial charge in [0.25, 0.3) is 4.58 Å². The van der Waals surface area contributed by atoms with Crippen molar-refractivity contribution in [3.63, 3.8) is 0 Å². The maximum atomic E-state index is 12.1. The minimum Gasteiger partial charge on any atom is -0.219 e. The Labute approximate surface area is 56.7 Å². The van der Waals surface area contributed by atoms with Crippen LogP contribution in [0, 0.1) is 0 Å². The van der Waals surface area contributed by atoms with E-state index in [1.807, 2.05) is 15.9 Å². The van der Waals surface area contributed by atoms with E-state index in [4.69, 9.17) is 0 Å². The molecule has 5 heteroatoms. The fraction of sp³-hybridized carbons (Fsp3) is 0.500.